The molecule has 5 heteroatoms. The highest BCUT2D eigenvalue weighted by atomic mass is 16.1. The van der Waals surface area contributed by atoms with Crippen molar-refractivity contribution in [1.29, 1.82) is 0 Å². The number of aromatic amines is 1. The van der Waals surface area contributed by atoms with E-state index < -0.39 is 0 Å². The highest BCUT2D eigenvalue weighted by Crippen LogP contribution is 2.12. The molecule has 5 nitrogen and oxygen atoms in total. The lowest BCUT2D eigenvalue weighted by atomic mass is 10.2. The van der Waals surface area contributed by atoms with Crippen molar-refractivity contribution >= 4 is 11.7 Å². The zero-order valence-electron chi connectivity index (χ0n) is 9.75. The van der Waals surface area contributed by atoms with Crippen LogP contribution in [-0.2, 0) is 11.2 Å². The molecule has 1 amide bonds. The molecule has 16 heavy (non-hydrogen) atoms. The number of carbonyl (C=O) groups is 1. The van der Waals surface area contributed by atoms with Gasteiger partial charge in [0.2, 0.25) is 5.91 Å². The lowest BCUT2D eigenvalue weighted by Gasteiger charge is -2.04. The number of rotatable bonds is 7. The third-order valence-electron chi connectivity index (χ3n) is 2.47. The molecule has 1 rings (SSSR count). The van der Waals surface area contributed by atoms with E-state index in [0.717, 1.165) is 37.1 Å². The Bertz CT molecular complexity index is 322. The number of hydrogen-bond donors (Lipinski definition) is 3. The molecule has 0 aromatic carbocycles. The molecule has 90 valence electrons. The maximum atomic E-state index is 11.6. The molecule has 0 aliphatic rings. The maximum Gasteiger partial charge on any atom is 0.225 e. The minimum atomic E-state index is 0.0379. The molecule has 0 saturated heterocycles. The van der Waals surface area contributed by atoms with E-state index >= 15 is 0 Å². The molecule has 1 aromatic heterocycles. The quantitative estimate of drug-likeness (QED) is 0.612. The van der Waals surface area contributed by atoms with E-state index in [0.29, 0.717) is 13.0 Å². The molecule has 0 unspecified atom stereocenters. The zero-order chi connectivity index (χ0) is 11.8. The summed E-state index contributed by atoms with van der Waals surface area (Å²) < 4.78 is 0. The Labute approximate surface area is 95.8 Å². The predicted octanol–water partition coefficient (Wildman–Crippen LogP) is 1.43. The molecule has 0 atom stereocenters. The Morgan fingerprint density at radius 2 is 2.31 bits per heavy atom. The van der Waals surface area contributed by atoms with Crippen molar-refractivity contribution in [3.8, 4) is 0 Å². The van der Waals surface area contributed by atoms with E-state index in [2.05, 4.69) is 15.5 Å². The van der Waals surface area contributed by atoms with Crippen LogP contribution in [0.2, 0.25) is 0 Å². The molecule has 0 aliphatic carbocycles. The Morgan fingerprint density at radius 1 is 1.50 bits per heavy atom. The molecule has 0 fully saturated rings. The first-order valence-corrected chi connectivity index (χ1v) is 5.80. The average Bonchev–Trinajstić information content (AvgIpc) is 2.71. The van der Waals surface area contributed by atoms with Crippen LogP contribution in [0, 0.1) is 0 Å². The van der Waals surface area contributed by atoms with Crippen molar-refractivity contribution in [1.82, 2.24) is 10.2 Å². The maximum absolute atomic E-state index is 11.6. The standard InChI is InChI=1S/C11H20N4O/c1-2-9-8-13-15-11(9)14-10(16)6-4-3-5-7-12/h8H,2-7,12H2,1H3,(H2,13,14,15,16). The SMILES string of the molecule is CCc1cn[nH]c1NC(=O)CCCCCN. The summed E-state index contributed by atoms with van der Waals surface area (Å²) in [6, 6.07) is 0. The predicted molar refractivity (Wildman–Crippen MR) is 64.1 cm³/mol. The Balaban J connectivity index is 2.28. The van der Waals surface area contributed by atoms with E-state index in [4.69, 9.17) is 5.73 Å². The van der Waals surface area contributed by atoms with Gasteiger partial charge in [-0.05, 0) is 25.8 Å². The first kappa shape index (κ1) is 12.7. The van der Waals surface area contributed by atoms with E-state index in [1.165, 1.54) is 0 Å². The van der Waals surface area contributed by atoms with Gasteiger partial charge in [0.1, 0.15) is 5.82 Å². The number of carbonyl (C=O) groups excluding carboxylic acids is 1. The number of nitrogens with zero attached hydrogens (tertiary/aromatic N) is 1. The largest absolute Gasteiger partial charge is 0.330 e. The van der Waals surface area contributed by atoms with E-state index in [9.17, 15) is 4.79 Å². The summed E-state index contributed by atoms with van der Waals surface area (Å²) in [6.45, 7) is 2.73. The number of unbranched alkanes of at least 4 members (excludes halogenated alkanes) is 2. The van der Waals surface area contributed by atoms with E-state index in [-0.39, 0.29) is 5.91 Å². The highest BCUT2D eigenvalue weighted by molar-refractivity contribution is 5.90. The van der Waals surface area contributed by atoms with Gasteiger partial charge in [0.15, 0.2) is 0 Å². The summed E-state index contributed by atoms with van der Waals surface area (Å²) in [5.41, 5.74) is 6.42. The summed E-state index contributed by atoms with van der Waals surface area (Å²) in [5, 5.41) is 9.52. The van der Waals surface area contributed by atoms with Gasteiger partial charge in [0.25, 0.3) is 0 Å². The Morgan fingerprint density at radius 3 is 3.00 bits per heavy atom. The molecular weight excluding hydrogens is 204 g/mol. The summed E-state index contributed by atoms with van der Waals surface area (Å²) in [4.78, 5) is 11.6. The van der Waals surface area contributed by atoms with Crippen LogP contribution >= 0.6 is 0 Å². The fraction of sp³-hybridized carbons (Fsp3) is 0.636. The Hall–Kier alpha value is -1.36. The molecule has 0 bridgehead atoms. The molecule has 4 N–H and O–H groups in total. The number of hydrogen-bond acceptors (Lipinski definition) is 3. The molecular formula is C11H20N4O. The van der Waals surface area contributed by atoms with Gasteiger partial charge < -0.3 is 11.1 Å². The number of nitrogens with one attached hydrogen (secondary N) is 2. The third-order valence-corrected chi connectivity index (χ3v) is 2.47. The number of aromatic nitrogens is 2. The fourth-order valence-electron chi connectivity index (χ4n) is 1.50. The second-order valence-corrected chi connectivity index (χ2v) is 3.77. The van der Waals surface area contributed by atoms with Crippen molar-refractivity contribution < 1.29 is 4.79 Å². The van der Waals surface area contributed by atoms with Gasteiger partial charge in [-0.25, -0.2) is 0 Å². The van der Waals surface area contributed by atoms with Crippen molar-refractivity contribution in [2.75, 3.05) is 11.9 Å². The van der Waals surface area contributed by atoms with E-state index in [1.54, 1.807) is 6.20 Å². The van der Waals surface area contributed by atoms with Crippen LogP contribution in [-0.4, -0.2) is 22.6 Å². The minimum absolute atomic E-state index is 0.0379. The molecule has 1 heterocycles. The fourth-order valence-corrected chi connectivity index (χ4v) is 1.50. The Kier molecular flexibility index (Phi) is 5.56. The molecule has 0 aliphatic heterocycles. The lowest BCUT2D eigenvalue weighted by molar-refractivity contribution is -0.116. The van der Waals surface area contributed by atoms with Crippen LogP contribution < -0.4 is 11.1 Å². The van der Waals surface area contributed by atoms with Gasteiger partial charge in [0, 0.05) is 12.0 Å². The van der Waals surface area contributed by atoms with Gasteiger partial charge in [-0.15, -0.1) is 0 Å². The topological polar surface area (TPSA) is 83.8 Å². The first-order chi connectivity index (χ1) is 7.77. The summed E-state index contributed by atoms with van der Waals surface area (Å²) in [7, 11) is 0. The number of anilines is 1. The second kappa shape index (κ2) is 7.00. The van der Waals surface area contributed by atoms with Gasteiger partial charge in [-0.2, -0.15) is 5.10 Å². The highest BCUT2D eigenvalue weighted by Gasteiger charge is 2.06. The summed E-state index contributed by atoms with van der Waals surface area (Å²) >= 11 is 0. The molecule has 0 saturated carbocycles. The second-order valence-electron chi connectivity index (χ2n) is 3.77. The number of amides is 1. The van der Waals surface area contributed by atoms with E-state index in [1.807, 2.05) is 6.92 Å². The summed E-state index contributed by atoms with van der Waals surface area (Å²) in [6.07, 6.45) is 6.02. The van der Waals surface area contributed by atoms with Crippen LogP contribution in [0.3, 0.4) is 0 Å². The van der Waals surface area contributed by atoms with Crippen LogP contribution in [0.25, 0.3) is 0 Å². The number of nitrogens with two attached hydrogens (primary N) is 1. The monoisotopic (exact) mass is 224 g/mol. The normalized spacial score (nSPS) is 10.4. The smallest absolute Gasteiger partial charge is 0.225 e. The molecule has 1 aromatic rings. The van der Waals surface area contributed by atoms with Gasteiger partial charge >= 0.3 is 0 Å². The first-order valence-electron chi connectivity index (χ1n) is 5.80. The summed E-state index contributed by atoms with van der Waals surface area (Å²) in [5.74, 6) is 0.766. The van der Waals surface area contributed by atoms with Gasteiger partial charge in [-0.1, -0.05) is 13.3 Å². The van der Waals surface area contributed by atoms with Crippen molar-refractivity contribution in [3.63, 3.8) is 0 Å². The van der Waals surface area contributed by atoms with Crippen molar-refractivity contribution in [2.45, 2.75) is 39.0 Å². The average molecular weight is 224 g/mol. The van der Waals surface area contributed by atoms with Crippen molar-refractivity contribution in [3.05, 3.63) is 11.8 Å². The van der Waals surface area contributed by atoms with Crippen LogP contribution in [0.1, 0.15) is 38.2 Å². The zero-order valence-corrected chi connectivity index (χ0v) is 9.75. The van der Waals surface area contributed by atoms with Crippen LogP contribution in [0.4, 0.5) is 5.82 Å². The molecule has 0 spiro atoms. The number of H-pyrrole nitrogens is 1. The minimum Gasteiger partial charge on any atom is -0.330 e. The van der Waals surface area contributed by atoms with Gasteiger partial charge in [-0.3, -0.25) is 9.89 Å². The molecule has 0 radical (unpaired) electrons. The third kappa shape index (κ3) is 4.02. The lowest BCUT2D eigenvalue weighted by Crippen LogP contribution is -2.12. The van der Waals surface area contributed by atoms with Crippen molar-refractivity contribution in [2.24, 2.45) is 5.73 Å². The van der Waals surface area contributed by atoms with Crippen LogP contribution in [0.5, 0.6) is 0 Å². The number of aryl methyl sites for hydroxylation is 1. The van der Waals surface area contributed by atoms with Crippen LogP contribution in [0.15, 0.2) is 6.20 Å². The van der Waals surface area contributed by atoms with Gasteiger partial charge in [0.05, 0.1) is 6.20 Å².